The molecule has 0 saturated heterocycles. The van der Waals surface area contributed by atoms with Gasteiger partial charge < -0.3 is 9.47 Å². The zero-order valence-electron chi connectivity index (χ0n) is 15.3. The van der Waals surface area contributed by atoms with Crippen LogP contribution in [-0.2, 0) is 16.0 Å². The van der Waals surface area contributed by atoms with Crippen LogP contribution in [0.25, 0.3) is 0 Å². The van der Waals surface area contributed by atoms with Gasteiger partial charge in [-0.3, -0.25) is 9.59 Å². The van der Waals surface area contributed by atoms with E-state index in [2.05, 4.69) is 6.92 Å². The molecule has 26 heavy (non-hydrogen) atoms. The highest BCUT2D eigenvalue weighted by molar-refractivity contribution is 6.17. The summed E-state index contributed by atoms with van der Waals surface area (Å²) in [6.07, 6.45) is 5.62. The number of rotatable bonds is 3. The first kappa shape index (κ1) is 17.8. The van der Waals surface area contributed by atoms with Crippen molar-refractivity contribution >= 4 is 23.4 Å². The molecule has 0 N–H and O–H groups in total. The summed E-state index contributed by atoms with van der Waals surface area (Å²) in [5.74, 6) is 2.66. The maximum absolute atomic E-state index is 12.5. The highest BCUT2D eigenvalue weighted by atomic mass is 35.5. The average molecular weight is 377 g/mol. The molecule has 2 fully saturated rings. The Balaban J connectivity index is 1.75. The van der Waals surface area contributed by atoms with E-state index in [0.29, 0.717) is 35.0 Å². The van der Waals surface area contributed by atoms with Crippen LogP contribution in [0.15, 0.2) is 12.1 Å². The van der Waals surface area contributed by atoms with Gasteiger partial charge in [0, 0.05) is 30.4 Å². The number of esters is 1. The molecule has 5 heteroatoms. The fourth-order valence-corrected chi connectivity index (χ4v) is 5.94. The van der Waals surface area contributed by atoms with E-state index in [1.807, 2.05) is 6.07 Å². The molecule has 1 aromatic carbocycles. The molecule has 0 aliphatic heterocycles. The number of alkyl halides is 1. The van der Waals surface area contributed by atoms with Gasteiger partial charge in [0.1, 0.15) is 17.3 Å². The molecule has 4 atom stereocenters. The van der Waals surface area contributed by atoms with E-state index in [0.717, 1.165) is 44.1 Å². The first-order chi connectivity index (χ1) is 12.4. The lowest BCUT2D eigenvalue weighted by molar-refractivity contribution is -0.132. The van der Waals surface area contributed by atoms with Crippen molar-refractivity contribution in [2.24, 2.45) is 17.3 Å². The van der Waals surface area contributed by atoms with E-state index >= 15 is 0 Å². The number of carbonyl (C=O) groups is 2. The Labute approximate surface area is 159 Å². The first-order valence-electron chi connectivity index (χ1n) is 9.51. The zero-order chi connectivity index (χ0) is 18.5. The van der Waals surface area contributed by atoms with Gasteiger partial charge in [-0.1, -0.05) is 18.5 Å². The Bertz CT molecular complexity index is 759. The van der Waals surface area contributed by atoms with Crippen molar-refractivity contribution in [3.05, 3.63) is 23.3 Å². The number of benzene rings is 1. The smallest absolute Gasteiger partial charge is 0.308 e. The third-order valence-corrected chi connectivity index (χ3v) is 7.05. The monoisotopic (exact) mass is 376 g/mol. The van der Waals surface area contributed by atoms with Gasteiger partial charge in [0.05, 0.1) is 0 Å². The number of aryl methyl sites for hydroxylation is 1. The van der Waals surface area contributed by atoms with Crippen molar-refractivity contribution in [2.75, 3.05) is 6.07 Å². The Morgan fingerprint density at radius 2 is 2.08 bits per heavy atom. The average Bonchev–Trinajstić information content (AvgIpc) is 2.89. The summed E-state index contributed by atoms with van der Waals surface area (Å²) in [6, 6.07) is 3.89. The molecule has 0 aromatic heterocycles. The Kier molecular flexibility index (Phi) is 4.50. The maximum Gasteiger partial charge on any atom is 0.308 e. The van der Waals surface area contributed by atoms with Gasteiger partial charge in [0.15, 0.2) is 6.07 Å². The molecule has 140 valence electrons. The minimum atomic E-state index is -0.325. The third kappa shape index (κ3) is 2.74. The fraction of sp³-hybridized carbons (Fsp3) is 0.619. The van der Waals surface area contributed by atoms with Crippen molar-refractivity contribution in [2.45, 2.75) is 58.3 Å². The number of hydrogen-bond acceptors (Lipinski definition) is 4. The SMILES string of the molecule is CC(=O)Oc1cc(OCCl)cc2c1[C@H]1CC[C@]3(C)C(=O)CC[C@H]3[C@@H]1CC2. The number of ketones is 1. The number of carbonyl (C=O) groups excluding carboxylic acids is 2. The predicted octanol–water partition coefficient (Wildman–Crippen LogP) is 4.61. The first-order valence-corrected chi connectivity index (χ1v) is 10.0. The highest BCUT2D eigenvalue weighted by Gasteiger charge is 2.55. The normalized spacial score (nSPS) is 32.4. The van der Waals surface area contributed by atoms with Crippen molar-refractivity contribution < 1.29 is 19.1 Å². The summed E-state index contributed by atoms with van der Waals surface area (Å²) in [4.78, 5) is 24.2. The second-order valence-corrected chi connectivity index (χ2v) is 8.39. The van der Waals surface area contributed by atoms with Gasteiger partial charge in [-0.05, 0) is 61.5 Å². The van der Waals surface area contributed by atoms with Gasteiger partial charge in [-0.15, -0.1) is 0 Å². The number of Topliss-reactive ketones (excluding diaryl/α,β-unsaturated/α-hetero) is 1. The van der Waals surface area contributed by atoms with E-state index in [1.54, 1.807) is 6.07 Å². The minimum absolute atomic E-state index is 0.0624. The van der Waals surface area contributed by atoms with Crippen LogP contribution >= 0.6 is 11.6 Å². The molecule has 1 aromatic rings. The van der Waals surface area contributed by atoms with E-state index < -0.39 is 0 Å². The molecule has 0 heterocycles. The summed E-state index contributed by atoms with van der Waals surface area (Å²) < 4.78 is 11.0. The van der Waals surface area contributed by atoms with Gasteiger partial charge >= 0.3 is 5.97 Å². The van der Waals surface area contributed by atoms with E-state index in [-0.39, 0.29) is 17.5 Å². The van der Waals surface area contributed by atoms with Crippen LogP contribution in [-0.4, -0.2) is 17.8 Å². The van der Waals surface area contributed by atoms with E-state index in [9.17, 15) is 9.59 Å². The van der Waals surface area contributed by atoms with Crippen molar-refractivity contribution in [1.82, 2.24) is 0 Å². The van der Waals surface area contributed by atoms with Crippen molar-refractivity contribution in [1.29, 1.82) is 0 Å². The van der Waals surface area contributed by atoms with Gasteiger partial charge in [0.25, 0.3) is 0 Å². The molecular formula is C21H25ClO4. The summed E-state index contributed by atoms with van der Waals surface area (Å²) in [5.41, 5.74) is 2.19. The molecule has 0 unspecified atom stereocenters. The molecule has 2 saturated carbocycles. The maximum atomic E-state index is 12.5. The van der Waals surface area contributed by atoms with Crippen LogP contribution in [0.1, 0.15) is 63.0 Å². The van der Waals surface area contributed by atoms with Crippen LogP contribution < -0.4 is 9.47 Å². The van der Waals surface area contributed by atoms with Gasteiger partial charge in [-0.2, -0.15) is 0 Å². The summed E-state index contributed by atoms with van der Waals surface area (Å²) in [7, 11) is 0. The molecule has 4 nitrogen and oxygen atoms in total. The quantitative estimate of drug-likeness (QED) is 0.439. The van der Waals surface area contributed by atoms with Crippen LogP contribution in [0.4, 0.5) is 0 Å². The summed E-state index contributed by atoms with van der Waals surface area (Å²) in [5, 5.41) is 0. The molecular weight excluding hydrogens is 352 g/mol. The molecule has 0 radical (unpaired) electrons. The molecule has 0 amide bonds. The molecule has 3 aliphatic carbocycles. The van der Waals surface area contributed by atoms with Crippen molar-refractivity contribution in [3.63, 3.8) is 0 Å². The minimum Gasteiger partial charge on any atom is -0.478 e. The number of ether oxygens (including phenoxy) is 2. The van der Waals surface area contributed by atoms with Crippen LogP contribution in [0.2, 0.25) is 0 Å². The van der Waals surface area contributed by atoms with Crippen LogP contribution in [0.5, 0.6) is 11.5 Å². The molecule has 0 spiro atoms. The number of hydrogen-bond donors (Lipinski definition) is 0. The lowest BCUT2D eigenvalue weighted by atomic mass is 9.55. The van der Waals surface area contributed by atoms with Gasteiger partial charge in [-0.25, -0.2) is 0 Å². The van der Waals surface area contributed by atoms with Crippen LogP contribution in [0, 0.1) is 17.3 Å². The third-order valence-electron chi connectivity index (χ3n) is 6.94. The standard InChI is InChI=1S/C21H25ClO4/c1-12(23)26-18-10-14(25-11-22)9-13-3-4-15-16(20(13)18)7-8-21(2)17(15)5-6-19(21)24/h9-10,15-17H,3-8,11H2,1-2H3/t15-,16+,17+,21+/m1/s1. The van der Waals surface area contributed by atoms with Gasteiger partial charge in [0.2, 0.25) is 0 Å². The Morgan fingerprint density at radius 1 is 1.27 bits per heavy atom. The molecule has 0 bridgehead atoms. The lowest BCUT2D eigenvalue weighted by Crippen LogP contribution is -2.42. The molecule has 3 aliphatic rings. The lowest BCUT2D eigenvalue weighted by Gasteiger charge is -2.48. The Hall–Kier alpha value is -1.55. The van der Waals surface area contributed by atoms with Crippen molar-refractivity contribution in [3.8, 4) is 11.5 Å². The number of fused-ring (bicyclic) bond motifs is 5. The van der Waals surface area contributed by atoms with E-state index in [1.165, 1.54) is 12.5 Å². The molecule has 4 rings (SSSR count). The predicted molar refractivity (Wildman–Crippen MR) is 98.7 cm³/mol. The summed E-state index contributed by atoms with van der Waals surface area (Å²) >= 11 is 5.72. The highest BCUT2D eigenvalue weighted by Crippen LogP contribution is 2.60. The second kappa shape index (κ2) is 6.56. The second-order valence-electron chi connectivity index (χ2n) is 8.17. The number of halogens is 1. The zero-order valence-corrected chi connectivity index (χ0v) is 16.1. The Morgan fingerprint density at radius 3 is 2.81 bits per heavy atom. The largest absolute Gasteiger partial charge is 0.478 e. The summed E-state index contributed by atoms with van der Waals surface area (Å²) in [6.45, 7) is 3.60. The topological polar surface area (TPSA) is 52.6 Å². The fourth-order valence-electron chi connectivity index (χ4n) is 5.81. The van der Waals surface area contributed by atoms with E-state index in [4.69, 9.17) is 21.1 Å². The van der Waals surface area contributed by atoms with Crippen LogP contribution in [0.3, 0.4) is 0 Å².